The molecule has 0 radical (unpaired) electrons. The summed E-state index contributed by atoms with van der Waals surface area (Å²) in [5, 5.41) is 8.58. The van der Waals surface area contributed by atoms with Gasteiger partial charge in [-0.15, -0.1) is 5.10 Å². The van der Waals surface area contributed by atoms with Gasteiger partial charge in [-0.1, -0.05) is 51.0 Å². The van der Waals surface area contributed by atoms with Gasteiger partial charge in [0.1, 0.15) is 11.7 Å². The molecule has 0 aliphatic heterocycles. The molecule has 1 heterocycles. The molecular weight excluding hydrogens is 286 g/mol. The number of hydrogen-bond donors (Lipinski definition) is 1. The summed E-state index contributed by atoms with van der Waals surface area (Å²) in [5.41, 5.74) is 8.55. The minimum absolute atomic E-state index is 0.166. The Hall–Kier alpha value is -1.46. The Morgan fingerprint density at radius 3 is 2.35 bits per heavy atom. The number of rotatable bonds is 10. The van der Waals surface area contributed by atoms with E-state index >= 15 is 0 Å². The van der Waals surface area contributed by atoms with Crippen LogP contribution in [0.1, 0.15) is 59.0 Å². The zero-order valence-electron chi connectivity index (χ0n) is 14.8. The van der Waals surface area contributed by atoms with Crippen LogP contribution in [-0.4, -0.2) is 39.0 Å². The van der Waals surface area contributed by atoms with E-state index in [0.717, 1.165) is 30.5 Å². The molecule has 0 bridgehead atoms. The fourth-order valence-electron chi connectivity index (χ4n) is 3.15. The third kappa shape index (κ3) is 4.30. The maximum absolute atomic E-state index is 6.62. The molecule has 0 aliphatic rings. The van der Waals surface area contributed by atoms with Gasteiger partial charge in [-0.05, 0) is 44.5 Å². The number of aromatic nitrogens is 3. The van der Waals surface area contributed by atoms with Crippen molar-refractivity contribution in [2.45, 2.75) is 65.1 Å². The summed E-state index contributed by atoms with van der Waals surface area (Å²) >= 11 is 0. The fraction of sp³-hybridized carbons (Fsp3) is 0.667. The summed E-state index contributed by atoms with van der Waals surface area (Å²) in [7, 11) is 0. The molecule has 2 unspecified atom stereocenters. The summed E-state index contributed by atoms with van der Waals surface area (Å²) in [6, 6.07) is 8.32. The Labute approximate surface area is 139 Å². The lowest BCUT2D eigenvalue weighted by Gasteiger charge is -2.35. The summed E-state index contributed by atoms with van der Waals surface area (Å²) in [4.78, 5) is 2.55. The van der Waals surface area contributed by atoms with E-state index in [1.807, 2.05) is 28.9 Å². The van der Waals surface area contributed by atoms with Crippen molar-refractivity contribution in [2.75, 3.05) is 13.1 Å². The highest BCUT2D eigenvalue weighted by Gasteiger charge is 2.26. The Balaban J connectivity index is 2.22. The van der Waals surface area contributed by atoms with Gasteiger partial charge in [0.2, 0.25) is 0 Å². The molecule has 2 N–H and O–H groups in total. The number of nitrogens with zero attached hydrogens (tertiary/aromatic N) is 4. The molecule has 5 nitrogen and oxygen atoms in total. The minimum Gasteiger partial charge on any atom is -0.308 e. The van der Waals surface area contributed by atoms with E-state index in [0.29, 0.717) is 6.04 Å². The standard InChI is InChI=1S/C18H31N5/c1-4-7-13-22(14-8-5-2)16(6-3)18(19)23-17-12-10-9-11-15(17)20-21-23/h9-12,16,18H,4-8,13-14,19H2,1-3H3. The molecule has 0 saturated heterocycles. The van der Waals surface area contributed by atoms with Crippen molar-refractivity contribution >= 4 is 11.0 Å². The van der Waals surface area contributed by atoms with Crippen LogP contribution in [0, 0.1) is 0 Å². The number of unbranched alkanes of at least 4 members (excludes halogenated alkanes) is 2. The van der Waals surface area contributed by atoms with Gasteiger partial charge in [-0.2, -0.15) is 0 Å². The number of para-hydroxylation sites is 1. The van der Waals surface area contributed by atoms with Crippen molar-refractivity contribution in [2.24, 2.45) is 5.73 Å². The Kier molecular flexibility index (Phi) is 6.99. The zero-order chi connectivity index (χ0) is 16.7. The van der Waals surface area contributed by atoms with Crippen LogP contribution >= 0.6 is 0 Å². The van der Waals surface area contributed by atoms with Gasteiger partial charge in [-0.3, -0.25) is 4.90 Å². The molecule has 0 aliphatic carbocycles. The highest BCUT2D eigenvalue weighted by Crippen LogP contribution is 2.21. The van der Waals surface area contributed by atoms with Crippen LogP contribution in [0.3, 0.4) is 0 Å². The van der Waals surface area contributed by atoms with E-state index in [-0.39, 0.29) is 6.17 Å². The van der Waals surface area contributed by atoms with Gasteiger partial charge in [-0.25, -0.2) is 4.68 Å². The van der Waals surface area contributed by atoms with Crippen LogP contribution in [0.25, 0.3) is 11.0 Å². The normalized spacial score (nSPS) is 14.5. The van der Waals surface area contributed by atoms with Gasteiger partial charge in [0, 0.05) is 6.04 Å². The first-order valence-electron chi connectivity index (χ1n) is 9.02. The van der Waals surface area contributed by atoms with Crippen molar-refractivity contribution < 1.29 is 0 Å². The maximum atomic E-state index is 6.62. The van der Waals surface area contributed by atoms with Crippen LogP contribution in [0.4, 0.5) is 0 Å². The Morgan fingerprint density at radius 1 is 1.09 bits per heavy atom. The van der Waals surface area contributed by atoms with Crippen molar-refractivity contribution in [1.82, 2.24) is 19.9 Å². The second kappa shape index (κ2) is 8.99. The average molecular weight is 317 g/mol. The quantitative estimate of drug-likeness (QED) is 0.728. The lowest BCUT2D eigenvalue weighted by atomic mass is 10.1. The number of nitrogens with two attached hydrogens (primary N) is 1. The molecule has 1 aromatic heterocycles. The van der Waals surface area contributed by atoms with E-state index in [4.69, 9.17) is 5.73 Å². The Morgan fingerprint density at radius 2 is 1.74 bits per heavy atom. The molecule has 0 fully saturated rings. The maximum Gasteiger partial charge on any atom is 0.117 e. The lowest BCUT2D eigenvalue weighted by molar-refractivity contribution is 0.132. The van der Waals surface area contributed by atoms with E-state index < -0.39 is 0 Å². The largest absolute Gasteiger partial charge is 0.308 e. The summed E-state index contributed by atoms with van der Waals surface area (Å²) in [6.07, 6.45) is 5.70. The first-order valence-corrected chi connectivity index (χ1v) is 9.02. The summed E-state index contributed by atoms with van der Waals surface area (Å²) in [5.74, 6) is 0. The molecular formula is C18H31N5. The molecule has 2 aromatic rings. The first-order chi connectivity index (χ1) is 11.2. The van der Waals surface area contributed by atoms with Gasteiger partial charge >= 0.3 is 0 Å². The van der Waals surface area contributed by atoms with E-state index in [9.17, 15) is 0 Å². The molecule has 1 aromatic carbocycles. The molecule has 5 heteroatoms. The molecule has 2 rings (SSSR count). The topological polar surface area (TPSA) is 60.0 Å². The van der Waals surface area contributed by atoms with Gasteiger partial charge in [0.15, 0.2) is 0 Å². The minimum atomic E-state index is -0.166. The fourth-order valence-corrected chi connectivity index (χ4v) is 3.15. The van der Waals surface area contributed by atoms with Crippen molar-refractivity contribution in [3.63, 3.8) is 0 Å². The van der Waals surface area contributed by atoms with Crippen molar-refractivity contribution in [3.05, 3.63) is 24.3 Å². The highest BCUT2D eigenvalue weighted by atomic mass is 15.5. The number of benzene rings is 1. The summed E-state index contributed by atoms with van der Waals surface area (Å²) < 4.78 is 1.90. The van der Waals surface area contributed by atoms with Crippen LogP contribution in [0.5, 0.6) is 0 Å². The zero-order valence-corrected chi connectivity index (χ0v) is 14.8. The van der Waals surface area contributed by atoms with E-state index in [1.165, 1.54) is 25.7 Å². The molecule has 0 amide bonds. The number of fused-ring (bicyclic) bond motifs is 1. The highest BCUT2D eigenvalue weighted by molar-refractivity contribution is 5.73. The smallest absolute Gasteiger partial charge is 0.117 e. The average Bonchev–Trinajstić information content (AvgIpc) is 3.01. The van der Waals surface area contributed by atoms with Gasteiger partial charge in [0.25, 0.3) is 0 Å². The molecule has 2 atom stereocenters. The molecule has 23 heavy (non-hydrogen) atoms. The number of hydrogen-bond acceptors (Lipinski definition) is 4. The first kappa shape index (κ1) is 17.9. The predicted octanol–water partition coefficient (Wildman–Crippen LogP) is 3.57. The molecule has 0 spiro atoms. The molecule has 0 saturated carbocycles. The third-order valence-corrected chi connectivity index (χ3v) is 4.54. The van der Waals surface area contributed by atoms with E-state index in [1.54, 1.807) is 0 Å². The predicted molar refractivity (Wildman–Crippen MR) is 96.2 cm³/mol. The second-order valence-corrected chi connectivity index (χ2v) is 6.23. The van der Waals surface area contributed by atoms with Crippen molar-refractivity contribution in [3.8, 4) is 0 Å². The Bertz CT molecular complexity index is 572. The van der Waals surface area contributed by atoms with Gasteiger partial charge in [0.05, 0.1) is 5.52 Å². The van der Waals surface area contributed by atoms with Crippen LogP contribution in [0.15, 0.2) is 24.3 Å². The van der Waals surface area contributed by atoms with Crippen LogP contribution in [-0.2, 0) is 0 Å². The second-order valence-electron chi connectivity index (χ2n) is 6.23. The molecule has 128 valence electrons. The SMILES string of the molecule is CCCCN(CCCC)C(CC)C(N)n1nnc2ccccc21. The van der Waals surface area contributed by atoms with Crippen LogP contribution in [0.2, 0.25) is 0 Å². The monoisotopic (exact) mass is 317 g/mol. The lowest BCUT2D eigenvalue weighted by Crippen LogP contribution is -2.46. The van der Waals surface area contributed by atoms with E-state index in [2.05, 4.69) is 36.0 Å². The van der Waals surface area contributed by atoms with Gasteiger partial charge < -0.3 is 5.73 Å². The van der Waals surface area contributed by atoms with Crippen molar-refractivity contribution in [1.29, 1.82) is 0 Å². The third-order valence-electron chi connectivity index (χ3n) is 4.54. The summed E-state index contributed by atoms with van der Waals surface area (Å²) in [6.45, 7) is 8.91. The van der Waals surface area contributed by atoms with Crippen LogP contribution < -0.4 is 5.73 Å².